The van der Waals surface area contributed by atoms with Crippen LogP contribution in [0.1, 0.15) is 16.7 Å². The molecular weight excluding hydrogens is 353 g/mol. The summed E-state index contributed by atoms with van der Waals surface area (Å²) in [4.78, 5) is 0. The van der Waals surface area contributed by atoms with Crippen LogP contribution in [-0.2, 0) is 11.8 Å². The van der Waals surface area contributed by atoms with E-state index in [9.17, 15) is 35.8 Å². The van der Waals surface area contributed by atoms with Crippen molar-refractivity contribution in [1.29, 1.82) is 0 Å². The highest BCUT2D eigenvalue weighted by molar-refractivity contribution is 5.53. The number of benzene rings is 2. The lowest BCUT2D eigenvalue weighted by Crippen LogP contribution is -2.42. The summed E-state index contributed by atoms with van der Waals surface area (Å²) in [6, 6.07) is 7.53. The summed E-state index contributed by atoms with van der Waals surface area (Å²) in [5, 5.41) is 10.1. The lowest BCUT2D eigenvalue weighted by molar-refractivity contribution is -0.246. The lowest BCUT2D eigenvalue weighted by atomic mass is 9.87. The number of halogens is 7. The van der Waals surface area contributed by atoms with Crippen LogP contribution in [0.2, 0.25) is 0 Å². The minimum absolute atomic E-state index is 0.107. The average molecular weight is 364 g/mol. The van der Waals surface area contributed by atoms with Crippen LogP contribution in [0.25, 0.3) is 6.08 Å². The molecule has 0 bridgehead atoms. The van der Waals surface area contributed by atoms with Crippen molar-refractivity contribution in [2.24, 2.45) is 0 Å². The highest BCUT2D eigenvalue weighted by Gasteiger charge is 2.56. The van der Waals surface area contributed by atoms with Crippen LogP contribution in [0.4, 0.5) is 30.7 Å². The molecule has 0 radical (unpaired) electrons. The topological polar surface area (TPSA) is 20.2 Å². The largest absolute Gasteiger partial charge is 0.425 e. The number of aliphatic hydroxyl groups is 1. The van der Waals surface area contributed by atoms with Crippen molar-refractivity contribution in [3.8, 4) is 0 Å². The Kier molecular flexibility index (Phi) is 4.94. The molecule has 25 heavy (non-hydrogen) atoms. The highest BCUT2D eigenvalue weighted by atomic mass is 19.4. The molecular formula is C17H11F7O. The Bertz CT molecular complexity index is 777. The Morgan fingerprint density at radius 1 is 0.760 bits per heavy atom. The molecule has 134 valence electrons. The van der Waals surface area contributed by atoms with Crippen molar-refractivity contribution in [2.75, 3.05) is 0 Å². The van der Waals surface area contributed by atoms with Gasteiger partial charge in [0.25, 0.3) is 0 Å². The smallest absolute Gasteiger partial charge is 0.373 e. The van der Waals surface area contributed by atoms with Crippen molar-refractivity contribution < 1.29 is 35.8 Å². The quantitative estimate of drug-likeness (QED) is 0.732. The first kappa shape index (κ1) is 19.0. The fourth-order valence-electron chi connectivity index (χ4n) is 2.22. The van der Waals surface area contributed by atoms with Crippen molar-refractivity contribution in [3.05, 3.63) is 77.1 Å². The molecule has 8 heteroatoms. The van der Waals surface area contributed by atoms with Crippen molar-refractivity contribution in [3.63, 3.8) is 0 Å². The third-order valence-corrected chi connectivity index (χ3v) is 3.48. The summed E-state index contributed by atoms with van der Waals surface area (Å²) < 4.78 is 92.8. The number of rotatable bonds is 3. The second kappa shape index (κ2) is 6.51. The molecule has 0 saturated heterocycles. The van der Waals surface area contributed by atoms with E-state index in [1.54, 1.807) is 0 Å². The first-order valence-corrected chi connectivity index (χ1v) is 6.86. The van der Waals surface area contributed by atoms with Crippen LogP contribution in [0, 0.1) is 5.82 Å². The summed E-state index contributed by atoms with van der Waals surface area (Å²) >= 11 is 0. The minimum atomic E-state index is -5.46. The van der Waals surface area contributed by atoms with E-state index in [2.05, 4.69) is 0 Å². The Morgan fingerprint density at radius 3 is 1.80 bits per heavy atom. The number of hydrogen-bond donors (Lipinski definition) is 1. The van der Waals surface area contributed by atoms with Gasteiger partial charge in [-0.3, -0.25) is 0 Å². The Morgan fingerprint density at radius 2 is 1.28 bits per heavy atom. The van der Waals surface area contributed by atoms with Gasteiger partial charge in [-0.2, -0.15) is 26.3 Å². The Balaban J connectivity index is 2.64. The summed E-state index contributed by atoms with van der Waals surface area (Å²) in [6.45, 7) is 0. The van der Waals surface area contributed by atoms with E-state index in [0.717, 1.165) is 24.3 Å². The molecule has 1 N–H and O–H groups in total. The molecule has 2 aromatic carbocycles. The zero-order chi connectivity index (χ0) is 18.9. The molecule has 1 unspecified atom stereocenters. The third kappa shape index (κ3) is 3.84. The zero-order valence-electron chi connectivity index (χ0n) is 12.4. The first-order valence-electron chi connectivity index (χ1n) is 6.86. The molecule has 0 aliphatic carbocycles. The van der Waals surface area contributed by atoms with Crippen LogP contribution >= 0.6 is 0 Å². The molecule has 2 aromatic rings. The molecule has 0 spiro atoms. The van der Waals surface area contributed by atoms with Crippen LogP contribution in [0.5, 0.6) is 0 Å². The van der Waals surface area contributed by atoms with Crippen molar-refractivity contribution in [1.82, 2.24) is 0 Å². The summed E-state index contributed by atoms with van der Waals surface area (Å²) in [5.41, 5.74) is -7.27. The maximum atomic E-state index is 13.5. The van der Waals surface area contributed by atoms with Crippen LogP contribution in [0.3, 0.4) is 0 Å². The van der Waals surface area contributed by atoms with Crippen LogP contribution in [-0.4, -0.2) is 11.3 Å². The van der Waals surface area contributed by atoms with Gasteiger partial charge in [0.1, 0.15) is 5.82 Å². The number of alkyl halides is 6. The Hall–Kier alpha value is -2.35. The van der Waals surface area contributed by atoms with Gasteiger partial charge in [-0.15, -0.1) is 0 Å². The minimum Gasteiger partial charge on any atom is -0.373 e. The molecule has 1 atom stereocenters. The van der Waals surface area contributed by atoms with Crippen molar-refractivity contribution >= 4 is 6.08 Å². The maximum Gasteiger partial charge on any atom is 0.425 e. The monoisotopic (exact) mass is 364 g/mol. The standard InChI is InChI=1S/C17H11F7O/c18-14-8-4-1-5-11(14)9-10-15(25,17(22,23)24)12-6-2-3-7-13(12)16(19,20)21/h1-10,25H. The summed E-state index contributed by atoms with van der Waals surface area (Å²) in [6.07, 6.45) is -9.87. The predicted molar refractivity (Wildman–Crippen MR) is 76.8 cm³/mol. The molecule has 0 aliphatic rings. The number of hydrogen-bond acceptors (Lipinski definition) is 1. The molecule has 0 fully saturated rings. The molecule has 0 amide bonds. The van der Waals surface area contributed by atoms with E-state index in [4.69, 9.17) is 0 Å². The second-order valence-electron chi connectivity index (χ2n) is 5.16. The first-order chi connectivity index (χ1) is 11.5. The second-order valence-corrected chi connectivity index (χ2v) is 5.16. The lowest BCUT2D eigenvalue weighted by Gasteiger charge is -2.30. The van der Waals surface area contributed by atoms with E-state index < -0.39 is 34.9 Å². The van der Waals surface area contributed by atoms with Gasteiger partial charge in [0.05, 0.1) is 5.56 Å². The van der Waals surface area contributed by atoms with Crippen molar-refractivity contribution in [2.45, 2.75) is 18.0 Å². The molecule has 0 heterocycles. The van der Waals surface area contributed by atoms with Crippen LogP contribution in [0.15, 0.2) is 54.6 Å². The van der Waals surface area contributed by atoms with Gasteiger partial charge in [-0.05, 0) is 18.2 Å². The molecule has 2 rings (SSSR count). The van der Waals surface area contributed by atoms with E-state index in [1.165, 1.54) is 12.1 Å². The molecule has 0 aromatic heterocycles. The van der Waals surface area contributed by atoms with Crippen LogP contribution < -0.4 is 0 Å². The molecule has 0 saturated carbocycles. The average Bonchev–Trinajstić information content (AvgIpc) is 2.52. The molecule has 1 nitrogen and oxygen atoms in total. The molecule has 0 aliphatic heterocycles. The van der Waals surface area contributed by atoms with Gasteiger partial charge in [0.2, 0.25) is 5.60 Å². The van der Waals surface area contributed by atoms with E-state index in [-0.39, 0.29) is 11.6 Å². The van der Waals surface area contributed by atoms with E-state index in [1.807, 2.05) is 0 Å². The van der Waals surface area contributed by atoms with Gasteiger partial charge >= 0.3 is 12.4 Å². The SMILES string of the molecule is OC(C=Cc1ccccc1F)(c1ccccc1C(F)(F)F)C(F)(F)F. The zero-order valence-corrected chi connectivity index (χ0v) is 12.4. The summed E-state index contributed by atoms with van der Waals surface area (Å²) in [7, 11) is 0. The fraction of sp³-hybridized carbons (Fsp3) is 0.176. The Labute approximate surface area is 138 Å². The van der Waals surface area contributed by atoms with E-state index in [0.29, 0.717) is 18.2 Å². The third-order valence-electron chi connectivity index (χ3n) is 3.48. The van der Waals surface area contributed by atoms with Gasteiger partial charge in [-0.1, -0.05) is 42.5 Å². The van der Waals surface area contributed by atoms with Gasteiger partial charge in [0, 0.05) is 11.1 Å². The van der Waals surface area contributed by atoms with E-state index >= 15 is 0 Å². The maximum absolute atomic E-state index is 13.5. The van der Waals surface area contributed by atoms with Gasteiger partial charge in [-0.25, -0.2) is 4.39 Å². The fourth-order valence-corrected chi connectivity index (χ4v) is 2.22. The summed E-state index contributed by atoms with van der Waals surface area (Å²) in [5.74, 6) is -0.882. The van der Waals surface area contributed by atoms with Gasteiger partial charge in [0.15, 0.2) is 0 Å². The normalized spacial score (nSPS) is 15.4. The predicted octanol–water partition coefficient (Wildman–Crippen LogP) is 5.31. The van der Waals surface area contributed by atoms with Gasteiger partial charge < -0.3 is 5.11 Å². The highest BCUT2D eigenvalue weighted by Crippen LogP contribution is 2.45.